The summed E-state index contributed by atoms with van der Waals surface area (Å²) in [6.45, 7) is 14.6. The Morgan fingerprint density at radius 3 is 2.00 bits per heavy atom. The van der Waals surface area contributed by atoms with Gasteiger partial charge in [0.15, 0.2) is 0 Å². The second-order valence-electron chi connectivity index (χ2n) is 7.73. The third-order valence-electron chi connectivity index (χ3n) is 3.35. The maximum absolute atomic E-state index is 12.4. The van der Waals surface area contributed by atoms with Gasteiger partial charge in [0.05, 0.1) is 10.9 Å². The lowest BCUT2D eigenvalue weighted by Gasteiger charge is -2.32. The summed E-state index contributed by atoms with van der Waals surface area (Å²) in [5.74, 6) is 0.180. The quantitative estimate of drug-likeness (QED) is 0.672. The molecule has 0 aliphatic rings. The molecular weight excluding hydrogens is 334 g/mol. The molecule has 0 heterocycles. The van der Waals surface area contributed by atoms with Gasteiger partial charge in [-0.05, 0) is 20.3 Å². The van der Waals surface area contributed by atoms with Crippen molar-refractivity contribution in [2.45, 2.75) is 60.5 Å². The van der Waals surface area contributed by atoms with Crippen LogP contribution in [0, 0.1) is 10.8 Å². The van der Waals surface area contributed by atoms with E-state index < -0.39 is 11.0 Å². The Balaban J connectivity index is 4.34. The minimum atomic E-state index is -0.446. The van der Waals surface area contributed by atoms with Gasteiger partial charge in [0, 0.05) is 24.0 Å². The first-order valence-electron chi connectivity index (χ1n) is 7.33. The van der Waals surface area contributed by atoms with Gasteiger partial charge >= 0.3 is 0 Å². The molecule has 1 N–H and O–H groups in total. The van der Waals surface area contributed by atoms with Crippen LogP contribution in [0.2, 0.25) is 0 Å². The summed E-state index contributed by atoms with van der Waals surface area (Å²) < 4.78 is 5.84. The van der Waals surface area contributed by atoms with Crippen LogP contribution in [-0.2, 0) is 14.3 Å². The zero-order valence-electron chi connectivity index (χ0n) is 14.4. The first-order chi connectivity index (χ1) is 9.32. The zero-order chi connectivity index (χ0) is 16.9. The van der Waals surface area contributed by atoms with Crippen LogP contribution in [0.25, 0.3) is 0 Å². The standard InChI is InChI=1S/C16H30BrNO3/c1-14(2,3)13(20)15(4,5)8-9-21-16(6,7)11-18-12(19)10-17/h8-11H2,1-7H3,(H,18,19). The number of hydrogen-bond acceptors (Lipinski definition) is 3. The van der Waals surface area contributed by atoms with Crippen LogP contribution < -0.4 is 5.32 Å². The van der Waals surface area contributed by atoms with Crippen molar-refractivity contribution in [2.24, 2.45) is 10.8 Å². The van der Waals surface area contributed by atoms with Gasteiger partial charge in [-0.2, -0.15) is 0 Å². The predicted molar refractivity (Wildman–Crippen MR) is 89.7 cm³/mol. The summed E-state index contributed by atoms with van der Waals surface area (Å²) >= 11 is 3.11. The lowest BCUT2D eigenvalue weighted by Crippen LogP contribution is -2.42. The molecule has 21 heavy (non-hydrogen) atoms. The molecule has 0 atom stereocenters. The average molecular weight is 364 g/mol. The molecule has 0 aliphatic heterocycles. The summed E-state index contributed by atoms with van der Waals surface area (Å²) in [6, 6.07) is 0. The summed E-state index contributed by atoms with van der Waals surface area (Å²) in [5.41, 5.74) is -1.20. The third kappa shape index (κ3) is 7.96. The van der Waals surface area contributed by atoms with Crippen molar-refractivity contribution in [3.63, 3.8) is 0 Å². The number of rotatable bonds is 8. The van der Waals surface area contributed by atoms with Crippen LogP contribution in [0.3, 0.4) is 0 Å². The van der Waals surface area contributed by atoms with Crippen LogP contribution in [0.1, 0.15) is 54.9 Å². The fourth-order valence-corrected chi connectivity index (χ4v) is 2.32. The number of ether oxygens (including phenoxy) is 1. The fourth-order valence-electron chi connectivity index (χ4n) is 2.12. The summed E-state index contributed by atoms with van der Waals surface area (Å²) in [5, 5.41) is 3.08. The second-order valence-corrected chi connectivity index (χ2v) is 8.29. The first-order valence-corrected chi connectivity index (χ1v) is 8.45. The van der Waals surface area contributed by atoms with E-state index in [4.69, 9.17) is 4.74 Å². The van der Waals surface area contributed by atoms with Crippen molar-refractivity contribution in [1.82, 2.24) is 5.32 Å². The number of ketones is 1. The summed E-state index contributed by atoms with van der Waals surface area (Å²) in [6.07, 6.45) is 0.666. The number of halogens is 1. The molecule has 0 spiro atoms. The lowest BCUT2D eigenvalue weighted by molar-refractivity contribution is -0.137. The normalized spacial score (nSPS) is 13.1. The predicted octanol–water partition coefficient (Wildman–Crippen LogP) is 3.32. The van der Waals surface area contributed by atoms with E-state index in [1.54, 1.807) is 0 Å². The van der Waals surface area contributed by atoms with E-state index in [9.17, 15) is 9.59 Å². The van der Waals surface area contributed by atoms with Crippen LogP contribution in [0.15, 0.2) is 0 Å². The molecule has 0 aromatic rings. The van der Waals surface area contributed by atoms with Crippen molar-refractivity contribution in [3.05, 3.63) is 0 Å². The molecule has 124 valence electrons. The molecule has 0 fully saturated rings. The topological polar surface area (TPSA) is 55.4 Å². The SMILES string of the molecule is CC(C)(CNC(=O)CBr)OCCC(C)(C)C(=O)C(C)(C)C. The van der Waals surface area contributed by atoms with E-state index >= 15 is 0 Å². The molecule has 0 saturated carbocycles. The van der Waals surface area contributed by atoms with Gasteiger partial charge in [0.25, 0.3) is 0 Å². The van der Waals surface area contributed by atoms with Gasteiger partial charge < -0.3 is 10.1 Å². The van der Waals surface area contributed by atoms with E-state index in [1.165, 1.54) is 0 Å². The number of amides is 1. The lowest BCUT2D eigenvalue weighted by atomic mass is 9.73. The molecule has 0 aliphatic carbocycles. The van der Waals surface area contributed by atoms with Gasteiger partial charge in [-0.1, -0.05) is 50.5 Å². The fraction of sp³-hybridized carbons (Fsp3) is 0.875. The van der Waals surface area contributed by atoms with E-state index in [-0.39, 0.29) is 22.4 Å². The van der Waals surface area contributed by atoms with Gasteiger partial charge in [-0.15, -0.1) is 0 Å². The Hall–Kier alpha value is -0.420. The number of hydrogen-bond donors (Lipinski definition) is 1. The average Bonchev–Trinajstić information content (AvgIpc) is 2.33. The van der Waals surface area contributed by atoms with Crippen molar-refractivity contribution < 1.29 is 14.3 Å². The molecule has 0 unspecified atom stereocenters. The Bertz CT molecular complexity index is 370. The van der Waals surface area contributed by atoms with Crippen LogP contribution >= 0.6 is 15.9 Å². The first kappa shape index (κ1) is 20.6. The van der Waals surface area contributed by atoms with E-state index in [0.29, 0.717) is 19.6 Å². The second kappa shape index (κ2) is 7.73. The highest BCUT2D eigenvalue weighted by molar-refractivity contribution is 9.09. The van der Waals surface area contributed by atoms with E-state index in [2.05, 4.69) is 21.2 Å². The summed E-state index contributed by atoms with van der Waals surface area (Å²) in [7, 11) is 0. The highest BCUT2D eigenvalue weighted by atomic mass is 79.9. The molecule has 0 saturated heterocycles. The molecule has 0 bridgehead atoms. The van der Waals surface area contributed by atoms with Crippen molar-refractivity contribution in [3.8, 4) is 0 Å². The van der Waals surface area contributed by atoms with E-state index in [1.807, 2.05) is 48.5 Å². The van der Waals surface area contributed by atoms with Crippen molar-refractivity contribution >= 4 is 27.6 Å². The number of alkyl halides is 1. The van der Waals surface area contributed by atoms with Gasteiger partial charge in [0.2, 0.25) is 5.91 Å². The molecule has 0 radical (unpaired) electrons. The summed E-state index contributed by atoms with van der Waals surface area (Å²) in [4.78, 5) is 23.6. The maximum Gasteiger partial charge on any atom is 0.230 e. The molecule has 0 rings (SSSR count). The molecule has 5 heteroatoms. The highest BCUT2D eigenvalue weighted by Gasteiger charge is 2.36. The Labute approximate surface area is 137 Å². The van der Waals surface area contributed by atoms with Crippen LogP contribution in [0.4, 0.5) is 0 Å². The Morgan fingerprint density at radius 2 is 1.57 bits per heavy atom. The van der Waals surface area contributed by atoms with Crippen molar-refractivity contribution in [2.75, 3.05) is 18.5 Å². The molecular formula is C16H30BrNO3. The minimum Gasteiger partial charge on any atom is -0.374 e. The largest absolute Gasteiger partial charge is 0.374 e. The monoisotopic (exact) mass is 363 g/mol. The number of Topliss-reactive ketones (excluding diaryl/α,β-unsaturated/α-hetero) is 1. The molecule has 1 amide bonds. The number of carbonyl (C=O) groups is 2. The number of carbonyl (C=O) groups excluding carboxylic acids is 2. The van der Waals surface area contributed by atoms with Gasteiger partial charge in [-0.25, -0.2) is 0 Å². The molecule has 0 aromatic carbocycles. The molecule has 0 aromatic heterocycles. The van der Waals surface area contributed by atoms with Gasteiger partial charge in [0.1, 0.15) is 5.78 Å². The maximum atomic E-state index is 12.4. The molecule has 4 nitrogen and oxygen atoms in total. The van der Waals surface area contributed by atoms with Gasteiger partial charge in [-0.3, -0.25) is 9.59 Å². The highest BCUT2D eigenvalue weighted by Crippen LogP contribution is 2.32. The van der Waals surface area contributed by atoms with E-state index in [0.717, 1.165) is 0 Å². The number of nitrogens with one attached hydrogen (secondary N) is 1. The van der Waals surface area contributed by atoms with Crippen molar-refractivity contribution in [1.29, 1.82) is 0 Å². The third-order valence-corrected chi connectivity index (χ3v) is 3.86. The Morgan fingerprint density at radius 1 is 1.05 bits per heavy atom. The Kier molecular flexibility index (Phi) is 7.57. The minimum absolute atomic E-state index is 0.0603. The zero-order valence-corrected chi connectivity index (χ0v) is 16.0. The van der Waals surface area contributed by atoms with Crippen LogP contribution in [0.5, 0.6) is 0 Å². The smallest absolute Gasteiger partial charge is 0.230 e. The van der Waals surface area contributed by atoms with Crippen LogP contribution in [-0.4, -0.2) is 35.8 Å².